The molecule has 1 fully saturated rings. The molecule has 0 aromatic rings. The van der Waals surface area contributed by atoms with E-state index in [9.17, 15) is 28.5 Å². The van der Waals surface area contributed by atoms with Gasteiger partial charge < -0.3 is 59.8 Å². The summed E-state index contributed by atoms with van der Waals surface area (Å²) in [6.45, 7) is 0.614. The first-order chi connectivity index (χ1) is 25.4. The van der Waals surface area contributed by atoms with Crippen molar-refractivity contribution in [2.24, 2.45) is 23.6 Å². The average Bonchev–Trinajstić information content (AvgIpc) is 3.12. The number of nitrogens with two attached hydrogens (primary N) is 3. The Morgan fingerprint density at radius 2 is 1.08 bits per heavy atom. The molecule has 0 aliphatic heterocycles. The van der Waals surface area contributed by atoms with Crippen LogP contribution in [0.2, 0.25) is 0 Å². The molecule has 0 spiro atoms. The normalized spacial score (nSPS) is 17.9. The van der Waals surface area contributed by atoms with Gasteiger partial charge in [-0.2, -0.15) is 0 Å². The van der Waals surface area contributed by atoms with Crippen molar-refractivity contribution in [3.63, 3.8) is 0 Å². The summed E-state index contributed by atoms with van der Waals surface area (Å²) < 4.78 is 33.3. The molecule has 0 heterocycles. The van der Waals surface area contributed by atoms with Crippen LogP contribution < -0.4 is 44.3 Å². The highest BCUT2D eigenvalue weighted by molar-refractivity contribution is 8.46. The molecule has 3 unspecified atom stereocenters. The molecule has 5 amide bonds. The molecule has 0 saturated heterocycles. The van der Waals surface area contributed by atoms with E-state index in [2.05, 4.69) is 53.3 Å². The standard InChI is InChI=1S/C30H59N8O13PS/c1-52(44,53)51-23-4-2-22(3-5-23)28(41)38-25(30(43)36-12-15-47-18-21-50-33)7-9-27(40)37-24(29(42)35-11-14-46-17-20-49-32)6-8-26(39)34-10-13-45-16-19-48-31/h22-25H,2-21,31-33H2,1H3,(H,34,39)(H,35,42)(H,36,43)(H,37,40)(H,38,41)(H,44,53)/t22-,23+,24?,25?,52?. The largest absolute Gasteiger partial charge is 0.377 e. The number of ether oxygens (including phenoxy) is 3. The fraction of sp³-hybridized carbons (Fsp3) is 0.833. The summed E-state index contributed by atoms with van der Waals surface area (Å²) in [6.07, 6.45) is 1.14. The van der Waals surface area contributed by atoms with Gasteiger partial charge in [-0.25, -0.2) is 17.7 Å². The van der Waals surface area contributed by atoms with E-state index in [0.29, 0.717) is 25.7 Å². The van der Waals surface area contributed by atoms with Crippen LogP contribution in [-0.4, -0.2) is 133 Å². The molecule has 1 rings (SSSR count). The molecule has 11 N–H and O–H groups in total. The van der Waals surface area contributed by atoms with Crippen LogP contribution in [0.1, 0.15) is 51.4 Å². The lowest BCUT2D eigenvalue weighted by Gasteiger charge is -2.29. The van der Waals surface area contributed by atoms with Gasteiger partial charge in [-0.15, -0.1) is 0 Å². The topological polar surface area (TPSA) is 305 Å². The number of rotatable bonds is 31. The monoisotopic (exact) mass is 802 g/mol. The smallest absolute Gasteiger partial charge is 0.252 e. The minimum atomic E-state index is -2.99. The van der Waals surface area contributed by atoms with Crippen LogP contribution in [0.3, 0.4) is 0 Å². The van der Waals surface area contributed by atoms with E-state index in [0.717, 1.165) is 0 Å². The van der Waals surface area contributed by atoms with Crippen LogP contribution in [0, 0.1) is 5.92 Å². The Bertz CT molecular complexity index is 1120. The Labute approximate surface area is 315 Å². The molecule has 21 nitrogen and oxygen atoms in total. The number of nitrogens with one attached hydrogen (secondary N) is 5. The second kappa shape index (κ2) is 29.8. The van der Waals surface area contributed by atoms with Crippen molar-refractivity contribution in [3.05, 3.63) is 0 Å². The lowest BCUT2D eigenvalue weighted by atomic mass is 9.86. The zero-order valence-corrected chi connectivity index (χ0v) is 32.2. The van der Waals surface area contributed by atoms with E-state index in [1.165, 1.54) is 6.66 Å². The molecule has 1 saturated carbocycles. The van der Waals surface area contributed by atoms with Gasteiger partial charge in [0.15, 0.2) is 0 Å². The third-order valence-electron chi connectivity index (χ3n) is 7.69. The third-order valence-corrected chi connectivity index (χ3v) is 8.66. The zero-order chi connectivity index (χ0) is 39.3. The average molecular weight is 803 g/mol. The fourth-order valence-electron chi connectivity index (χ4n) is 5.07. The zero-order valence-electron chi connectivity index (χ0n) is 30.4. The van der Waals surface area contributed by atoms with Crippen LogP contribution in [0.5, 0.6) is 0 Å². The fourth-order valence-corrected chi connectivity index (χ4v) is 6.23. The van der Waals surface area contributed by atoms with Gasteiger partial charge in [0.05, 0.1) is 65.6 Å². The minimum absolute atomic E-state index is 0.0317. The first kappa shape index (κ1) is 48.5. The summed E-state index contributed by atoms with van der Waals surface area (Å²) in [6, 6.07) is -2.18. The predicted molar refractivity (Wildman–Crippen MR) is 194 cm³/mol. The Hall–Kier alpha value is -2.47. The second-order valence-corrected chi connectivity index (χ2v) is 16.0. The maximum Gasteiger partial charge on any atom is 0.252 e. The van der Waals surface area contributed by atoms with Crippen molar-refractivity contribution < 1.29 is 61.8 Å². The van der Waals surface area contributed by atoms with Gasteiger partial charge >= 0.3 is 0 Å². The number of hydrogen-bond donors (Lipinski definition) is 9. The maximum absolute atomic E-state index is 13.3. The van der Waals surface area contributed by atoms with Crippen LogP contribution >= 0.6 is 18.8 Å². The maximum atomic E-state index is 13.3. The van der Waals surface area contributed by atoms with Crippen molar-refractivity contribution in [1.29, 1.82) is 0 Å². The summed E-state index contributed by atoms with van der Waals surface area (Å²) >= 11 is 3.99. The highest BCUT2D eigenvalue weighted by atomic mass is 32.7. The van der Waals surface area contributed by atoms with Crippen molar-refractivity contribution in [1.82, 2.24) is 26.6 Å². The van der Waals surface area contributed by atoms with Gasteiger partial charge in [0.1, 0.15) is 12.1 Å². The minimum Gasteiger partial charge on any atom is -0.377 e. The van der Waals surface area contributed by atoms with Gasteiger partial charge in [-0.3, -0.25) is 28.5 Å². The van der Waals surface area contributed by atoms with E-state index in [1.807, 2.05) is 0 Å². The lowest BCUT2D eigenvalue weighted by molar-refractivity contribution is -0.133. The summed E-state index contributed by atoms with van der Waals surface area (Å²) in [7, 11) is 0. The number of carbonyl (C=O) groups is 5. The number of thiol groups is 1. The van der Waals surface area contributed by atoms with E-state index in [-0.39, 0.29) is 123 Å². The summed E-state index contributed by atoms with van der Waals surface area (Å²) in [4.78, 5) is 78.4. The van der Waals surface area contributed by atoms with Gasteiger partial charge in [0.25, 0.3) is 6.57 Å². The molecular formula is C30H59N8O13PS. The summed E-state index contributed by atoms with van der Waals surface area (Å²) in [5.41, 5.74) is 0. The Morgan fingerprint density at radius 1 is 0.642 bits per heavy atom. The Kier molecular flexibility index (Phi) is 27.3. The van der Waals surface area contributed by atoms with Crippen LogP contribution in [0.25, 0.3) is 0 Å². The molecule has 0 aromatic carbocycles. The van der Waals surface area contributed by atoms with Gasteiger partial charge in [0.2, 0.25) is 29.5 Å². The molecule has 0 bridgehead atoms. The highest BCUT2D eigenvalue weighted by Gasteiger charge is 2.32. The van der Waals surface area contributed by atoms with Crippen molar-refractivity contribution >= 4 is 48.4 Å². The number of hydrogen-bond acceptors (Lipinski definition) is 16. The quantitative estimate of drug-likeness (QED) is 0.0157. The van der Waals surface area contributed by atoms with Crippen LogP contribution in [0.15, 0.2) is 0 Å². The van der Waals surface area contributed by atoms with Gasteiger partial charge in [-0.1, -0.05) is 12.2 Å². The van der Waals surface area contributed by atoms with Crippen molar-refractivity contribution in [2.75, 3.05) is 85.8 Å². The first-order valence-electron chi connectivity index (χ1n) is 17.5. The molecule has 0 aromatic heterocycles. The molecule has 0 radical (unpaired) electrons. The molecule has 3 atom stereocenters. The Balaban J connectivity index is 2.84. The van der Waals surface area contributed by atoms with E-state index < -0.39 is 42.3 Å². The van der Waals surface area contributed by atoms with Gasteiger partial charge in [-0.05, 0) is 38.5 Å². The highest BCUT2D eigenvalue weighted by Crippen LogP contribution is 2.50. The first-order valence-corrected chi connectivity index (χ1v) is 20.7. The summed E-state index contributed by atoms with van der Waals surface area (Å²) in [5, 5.41) is 13.4. The predicted octanol–water partition coefficient (Wildman–Crippen LogP) is -2.09. The molecule has 1 aliphatic carbocycles. The molecule has 308 valence electrons. The molecule has 23 heteroatoms. The third kappa shape index (κ3) is 25.3. The Morgan fingerprint density at radius 3 is 1.53 bits per heavy atom. The lowest BCUT2D eigenvalue weighted by Crippen LogP contribution is -2.51. The molecular weight excluding hydrogens is 743 g/mol. The van der Waals surface area contributed by atoms with Crippen LogP contribution in [0.4, 0.5) is 0 Å². The van der Waals surface area contributed by atoms with Crippen molar-refractivity contribution in [3.8, 4) is 0 Å². The van der Waals surface area contributed by atoms with Gasteiger partial charge in [0, 0.05) is 45.1 Å². The number of amides is 5. The SMILES string of the molecule is CP(=O)(S)O[C@H]1CC[C@@H](C(=O)NC(CCC(=O)NC(CCC(=O)NCCOCCON)C(=O)NCCOCCON)C(=O)NCCOCCON)CC1. The molecule has 1 aliphatic rings. The van der Waals surface area contributed by atoms with Crippen molar-refractivity contribution in [2.45, 2.75) is 69.6 Å². The second-order valence-electron chi connectivity index (χ2n) is 12.0. The van der Waals surface area contributed by atoms with E-state index in [1.54, 1.807) is 0 Å². The molecule has 53 heavy (non-hydrogen) atoms. The van der Waals surface area contributed by atoms with Crippen LogP contribution in [-0.2, 0) is 61.8 Å². The summed E-state index contributed by atoms with van der Waals surface area (Å²) in [5.74, 6) is 12.1. The van der Waals surface area contributed by atoms with E-state index in [4.69, 9.17) is 36.4 Å². The van der Waals surface area contributed by atoms with E-state index >= 15 is 0 Å². The number of carbonyl (C=O) groups excluding carboxylic acids is 5.